The molecule has 27 heavy (non-hydrogen) atoms. The van der Waals surface area contributed by atoms with E-state index in [1.165, 1.54) is 32.1 Å². The number of hydrogen-bond acceptors (Lipinski definition) is 4. The van der Waals surface area contributed by atoms with Crippen molar-refractivity contribution in [1.82, 2.24) is 14.9 Å². The minimum atomic E-state index is -0.000742. The fraction of sp³-hybridized carbons (Fsp3) is 0.619. The summed E-state index contributed by atoms with van der Waals surface area (Å²) in [4.78, 5) is 17.4. The Bertz CT molecular complexity index is 760. The van der Waals surface area contributed by atoms with E-state index in [0.29, 0.717) is 19.1 Å². The summed E-state index contributed by atoms with van der Waals surface area (Å²) in [6.45, 7) is 6.36. The number of amides is 1. The van der Waals surface area contributed by atoms with E-state index in [0.717, 1.165) is 40.6 Å². The average Bonchev–Trinajstić information content (AvgIpc) is 3.24. The van der Waals surface area contributed by atoms with Crippen molar-refractivity contribution < 1.29 is 9.53 Å². The fourth-order valence-electron chi connectivity index (χ4n) is 3.95. The number of nitrogens with one attached hydrogen (secondary N) is 1. The van der Waals surface area contributed by atoms with Crippen molar-refractivity contribution >= 4 is 17.2 Å². The molecule has 1 aliphatic carbocycles. The Morgan fingerprint density at radius 3 is 2.78 bits per heavy atom. The van der Waals surface area contributed by atoms with Crippen LogP contribution >= 0.6 is 11.3 Å². The highest BCUT2D eigenvalue weighted by Crippen LogP contribution is 2.31. The van der Waals surface area contributed by atoms with Gasteiger partial charge in [0.1, 0.15) is 0 Å². The number of ether oxygens (including phenoxy) is 1. The minimum absolute atomic E-state index is 0.000742. The van der Waals surface area contributed by atoms with E-state index < -0.39 is 0 Å². The monoisotopic (exact) mass is 389 g/mol. The Morgan fingerprint density at radius 2 is 2.11 bits per heavy atom. The summed E-state index contributed by atoms with van der Waals surface area (Å²) in [6.07, 6.45) is 7.39. The zero-order valence-electron chi connectivity index (χ0n) is 16.7. The maximum atomic E-state index is 12.7. The number of aryl methyl sites for hydroxylation is 1. The zero-order valence-corrected chi connectivity index (χ0v) is 17.5. The van der Waals surface area contributed by atoms with Crippen LogP contribution in [0.4, 0.5) is 0 Å². The molecule has 1 saturated carbocycles. The van der Waals surface area contributed by atoms with Gasteiger partial charge in [-0.2, -0.15) is 0 Å². The van der Waals surface area contributed by atoms with Crippen molar-refractivity contribution in [3.8, 4) is 11.4 Å². The molecule has 0 aromatic carbocycles. The highest BCUT2D eigenvalue weighted by Gasteiger charge is 2.22. The van der Waals surface area contributed by atoms with Crippen LogP contribution in [-0.4, -0.2) is 35.7 Å². The van der Waals surface area contributed by atoms with Crippen molar-refractivity contribution in [2.24, 2.45) is 5.92 Å². The molecule has 0 saturated heterocycles. The van der Waals surface area contributed by atoms with Gasteiger partial charge in [-0.3, -0.25) is 4.79 Å². The molecular weight excluding hydrogens is 358 g/mol. The SMILES string of the molecule is COCCCNC(=O)c1cc(-c2csc(C)n2)n(CC2CCCCC2)c1C. The molecule has 0 spiro atoms. The van der Waals surface area contributed by atoms with Crippen LogP contribution in [0, 0.1) is 19.8 Å². The number of hydrogen-bond donors (Lipinski definition) is 1. The molecule has 148 valence electrons. The maximum Gasteiger partial charge on any atom is 0.253 e. The molecule has 2 aromatic rings. The van der Waals surface area contributed by atoms with Crippen molar-refractivity contribution in [2.45, 2.75) is 58.9 Å². The maximum absolute atomic E-state index is 12.7. The van der Waals surface area contributed by atoms with Crippen LogP contribution in [0.25, 0.3) is 11.4 Å². The van der Waals surface area contributed by atoms with E-state index in [-0.39, 0.29) is 5.91 Å². The Morgan fingerprint density at radius 1 is 1.33 bits per heavy atom. The highest BCUT2D eigenvalue weighted by molar-refractivity contribution is 7.09. The molecule has 1 amide bonds. The van der Waals surface area contributed by atoms with Crippen molar-refractivity contribution in [2.75, 3.05) is 20.3 Å². The zero-order chi connectivity index (χ0) is 19.2. The molecule has 0 atom stereocenters. The van der Waals surface area contributed by atoms with Gasteiger partial charge in [-0.15, -0.1) is 11.3 Å². The Hall–Kier alpha value is -1.66. The number of nitrogens with zero attached hydrogens (tertiary/aromatic N) is 2. The molecule has 1 aliphatic rings. The summed E-state index contributed by atoms with van der Waals surface area (Å²) in [7, 11) is 1.68. The molecular formula is C21H31N3O2S. The molecule has 5 nitrogen and oxygen atoms in total. The third kappa shape index (κ3) is 4.99. The highest BCUT2D eigenvalue weighted by atomic mass is 32.1. The van der Waals surface area contributed by atoms with Crippen LogP contribution in [0.2, 0.25) is 0 Å². The third-order valence-corrected chi connectivity index (χ3v) is 6.24. The number of carbonyl (C=O) groups is 1. The first-order valence-electron chi connectivity index (χ1n) is 10.00. The molecule has 0 aliphatic heterocycles. The van der Waals surface area contributed by atoms with Gasteiger partial charge in [0.2, 0.25) is 0 Å². The second-order valence-corrected chi connectivity index (χ2v) is 8.56. The summed E-state index contributed by atoms with van der Waals surface area (Å²) < 4.78 is 7.39. The first-order chi connectivity index (χ1) is 13.1. The van der Waals surface area contributed by atoms with E-state index in [1.807, 2.05) is 13.0 Å². The van der Waals surface area contributed by atoms with Crippen molar-refractivity contribution in [1.29, 1.82) is 0 Å². The fourth-order valence-corrected chi connectivity index (χ4v) is 4.55. The second-order valence-electron chi connectivity index (χ2n) is 7.50. The van der Waals surface area contributed by atoms with Gasteiger partial charge in [0, 0.05) is 37.9 Å². The van der Waals surface area contributed by atoms with E-state index in [1.54, 1.807) is 18.4 Å². The lowest BCUT2D eigenvalue weighted by Crippen LogP contribution is -2.25. The normalized spacial score (nSPS) is 15.2. The predicted octanol–water partition coefficient (Wildman–Crippen LogP) is 4.58. The summed E-state index contributed by atoms with van der Waals surface area (Å²) >= 11 is 1.66. The largest absolute Gasteiger partial charge is 0.385 e. The third-order valence-electron chi connectivity index (χ3n) is 5.47. The van der Waals surface area contributed by atoms with Crippen molar-refractivity contribution in [3.63, 3.8) is 0 Å². The van der Waals surface area contributed by atoms with Gasteiger partial charge in [0.05, 0.1) is 22.0 Å². The van der Waals surface area contributed by atoms with Gasteiger partial charge in [-0.05, 0) is 45.1 Å². The van der Waals surface area contributed by atoms with E-state index in [2.05, 4.69) is 27.2 Å². The van der Waals surface area contributed by atoms with Gasteiger partial charge < -0.3 is 14.6 Å². The van der Waals surface area contributed by atoms with Gasteiger partial charge in [-0.1, -0.05) is 19.3 Å². The lowest BCUT2D eigenvalue weighted by atomic mass is 9.89. The molecule has 6 heteroatoms. The number of methoxy groups -OCH3 is 1. The van der Waals surface area contributed by atoms with Crippen LogP contribution in [0.3, 0.4) is 0 Å². The van der Waals surface area contributed by atoms with Gasteiger partial charge in [-0.25, -0.2) is 4.98 Å². The molecule has 1 fully saturated rings. The van der Waals surface area contributed by atoms with E-state index in [4.69, 9.17) is 4.74 Å². The lowest BCUT2D eigenvalue weighted by Gasteiger charge is -2.24. The van der Waals surface area contributed by atoms with Crippen LogP contribution in [0.1, 0.15) is 59.6 Å². The standard InChI is InChI=1S/C21H31N3O2S/c1-15-18(21(25)22-10-7-11-26-3)12-20(19-14-27-16(2)23-19)24(15)13-17-8-5-4-6-9-17/h12,14,17H,4-11,13H2,1-3H3,(H,22,25). The van der Waals surface area contributed by atoms with Crippen LogP contribution in [0.15, 0.2) is 11.4 Å². The summed E-state index contributed by atoms with van der Waals surface area (Å²) in [6, 6.07) is 2.03. The topological polar surface area (TPSA) is 56.1 Å². The molecule has 2 aromatic heterocycles. The molecule has 2 heterocycles. The molecule has 0 unspecified atom stereocenters. The number of aromatic nitrogens is 2. The van der Waals surface area contributed by atoms with E-state index >= 15 is 0 Å². The first-order valence-corrected chi connectivity index (χ1v) is 10.9. The average molecular weight is 390 g/mol. The summed E-state index contributed by atoms with van der Waals surface area (Å²) in [5.41, 5.74) is 3.87. The van der Waals surface area contributed by atoms with Crippen LogP contribution in [0.5, 0.6) is 0 Å². The Labute approximate surface area is 166 Å². The second kappa shape index (κ2) is 9.51. The number of carbonyl (C=O) groups excluding carboxylic acids is 1. The summed E-state index contributed by atoms with van der Waals surface area (Å²) in [5.74, 6) is 0.695. The van der Waals surface area contributed by atoms with Crippen LogP contribution in [-0.2, 0) is 11.3 Å². The quantitative estimate of drug-likeness (QED) is 0.673. The smallest absolute Gasteiger partial charge is 0.253 e. The van der Waals surface area contributed by atoms with Gasteiger partial charge in [0.15, 0.2) is 0 Å². The van der Waals surface area contributed by atoms with Crippen LogP contribution < -0.4 is 5.32 Å². The Balaban J connectivity index is 1.84. The Kier molecular flexibility index (Phi) is 7.07. The molecule has 3 rings (SSSR count). The van der Waals surface area contributed by atoms with E-state index in [9.17, 15) is 4.79 Å². The molecule has 0 bridgehead atoms. The summed E-state index contributed by atoms with van der Waals surface area (Å²) in [5, 5.41) is 6.18. The van der Waals surface area contributed by atoms with Gasteiger partial charge in [0.25, 0.3) is 5.91 Å². The number of rotatable bonds is 8. The first kappa shape index (κ1) is 20.1. The lowest BCUT2D eigenvalue weighted by molar-refractivity contribution is 0.0948. The molecule has 1 N–H and O–H groups in total. The number of thiazole rings is 1. The minimum Gasteiger partial charge on any atom is -0.385 e. The molecule has 0 radical (unpaired) electrons. The predicted molar refractivity (Wildman–Crippen MR) is 110 cm³/mol. The van der Waals surface area contributed by atoms with Gasteiger partial charge >= 0.3 is 0 Å². The van der Waals surface area contributed by atoms with Crippen molar-refractivity contribution in [3.05, 3.63) is 27.7 Å².